The highest BCUT2D eigenvalue weighted by molar-refractivity contribution is 4.87. The van der Waals surface area contributed by atoms with Gasteiger partial charge >= 0.3 is 0 Å². The smallest absolute Gasteiger partial charge is 0.0702 e. The molecule has 4 atom stereocenters. The van der Waals surface area contributed by atoms with Crippen molar-refractivity contribution in [3.63, 3.8) is 0 Å². The van der Waals surface area contributed by atoms with Crippen LogP contribution in [0.1, 0.15) is 54.4 Å². The number of hydrogen-bond acceptors (Lipinski definition) is 4. The predicted molar refractivity (Wildman–Crippen MR) is 91.3 cm³/mol. The van der Waals surface area contributed by atoms with E-state index in [1.807, 2.05) is 0 Å². The summed E-state index contributed by atoms with van der Waals surface area (Å²) in [4.78, 5) is 5.25. The van der Waals surface area contributed by atoms with Gasteiger partial charge in [-0.2, -0.15) is 0 Å². The standard InChI is InChI=1S/C18H36N2O2/c1-13(2)19-9-10-21-16(6)18(19)8-7-17-12-22-15(5)11-20(17)14(3)4/h13-18H,7-12H2,1-6H3/t15-,16+,17-,18+/m0/s1. The highest BCUT2D eigenvalue weighted by atomic mass is 16.5. The first kappa shape index (κ1) is 18.2. The van der Waals surface area contributed by atoms with Crippen LogP contribution in [0.15, 0.2) is 0 Å². The van der Waals surface area contributed by atoms with Gasteiger partial charge in [-0.15, -0.1) is 0 Å². The highest BCUT2D eigenvalue weighted by Crippen LogP contribution is 2.25. The van der Waals surface area contributed by atoms with E-state index >= 15 is 0 Å². The summed E-state index contributed by atoms with van der Waals surface area (Å²) in [6, 6.07) is 2.29. The molecule has 0 amide bonds. The summed E-state index contributed by atoms with van der Waals surface area (Å²) in [6.07, 6.45) is 3.10. The van der Waals surface area contributed by atoms with E-state index in [9.17, 15) is 0 Å². The van der Waals surface area contributed by atoms with Gasteiger partial charge in [-0.25, -0.2) is 0 Å². The molecule has 0 spiro atoms. The summed E-state index contributed by atoms with van der Waals surface area (Å²) in [5.74, 6) is 0. The summed E-state index contributed by atoms with van der Waals surface area (Å²) >= 11 is 0. The van der Waals surface area contributed by atoms with Crippen LogP contribution in [0.3, 0.4) is 0 Å². The monoisotopic (exact) mass is 312 g/mol. The lowest BCUT2D eigenvalue weighted by molar-refractivity contribution is -0.0905. The Bertz CT molecular complexity index is 335. The van der Waals surface area contributed by atoms with Crippen molar-refractivity contribution in [1.82, 2.24) is 9.80 Å². The van der Waals surface area contributed by atoms with Crippen LogP contribution in [0.25, 0.3) is 0 Å². The van der Waals surface area contributed by atoms with Gasteiger partial charge in [0.25, 0.3) is 0 Å². The van der Waals surface area contributed by atoms with E-state index in [1.54, 1.807) is 0 Å². The van der Waals surface area contributed by atoms with Gasteiger partial charge in [0.05, 0.1) is 25.4 Å². The average molecular weight is 312 g/mol. The molecule has 0 aromatic carbocycles. The van der Waals surface area contributed by atoms with E-state index in [1.165, 1.54) is 12.8 Å². The molecule has 0 saturated carbocycles. The zero-order valence-electron chi connectivity index (χ0n) is 15.4. The summed E-state index contributed by atoms with van der Waals surface area (Å²) in [5.41, 5.74) is 0. The van der Waals surface area contributed by atoms with Crippen molar-refractivity contribution in [3.05, 3.63) is 0 Å². The maximum Gasteiger partial charge on any atom is 0.0702 e. The van der Waals surface area contributed by atoms with Crippen LogP contribution in [-0.2, 0) is 9.47 Å². The summed E-state index contributed by atoms with van der Waals surface area (Å²) in [5, 5.41) is 0. The normalized spacial score (nSPS) is 35.5. The highest BCUT2D eigenvalue weighted by Gasteiger charge is 2.34. The molecule has 2 heterocycles. The molecule has 4 nitrogen and oxygen atoms in total. The van der Waals surface area contributed by atoms with Gasteiger partial charge in [-0.1, -0.05) is 0 Å². The Balaban J connectivity index is 1.94. The van der Waals surface area contributed by atoms with Gasteiger partial charge in [0, 0.05) is 37.3 Å². The topological polar surface area (TPSA) is 24.9 Å². The fourth-order valence-corrected chi connectivity index (χ4v) is 4.05. The molecule has 2 aliphatic heterocycles. The molecule has 4 heteroatoms. The molecule has 0 unspecified atom stereocenters. The molecule has 0 aromatic rings. The molecule has 0 N–H and O–H groups in total. The van der Waals surface area contributed by atoms with Gasteiger partial charge in [0.15, 0.2) is 0 Å². The van der Waals surface area contributed by atoms with Crippen molar-refractivity contribution < 1.29 is 9.47 Å². The Hall–Kier alpha value is -0.160. The largest absolute Gasteiger partial charge is 0.376 e. The van der Waals surface area contributed by atoms with Crippen LogP contribution in [0.2, 0.25) is 0 Å². The Kier molecular flexibility index (Phi) is 6.69. The molecule has 2 aliphatic rings. The maximum absolute atomic E-state index is 5.93. The number of nitrogens with zero attached hydrogens (tertiary/aromatic N) is 2. The van der Waals surface area contributed by atoms with Crippen molar-refractivity contribution in [3.8, 4) is 0 Å². The summed E-state index contributed by atoms with van der Waals surface area (Å²) < 4.78 is 11.8. The van der Waals surface area contributed by atoms with Crippen LogP contribution in [-0.4, -0.2) is 72.5 Å². The third-order valence-corrected chi connectivity index (χ3v) is 5.33. The van der Waals surface area contributed by atoms with E-state index in [-0.39, 0.29) is 0 Å². The number of rotatable bonds is 5. The first-order valence-corrected chi connectivity index (χ1v) is 9.14. The number of morpholine rings is 2. The quantitative estimate of drug-likeness (QED) is 0.779. The fourth-order valence-electron chi connectivity index (χ4n) is 4.05. The molecular weight excluding hydrogens is 276 g/mol. The molecule has 2 saturated heterocycles. The van der Waals surface area contributed by atoms with Gasteiger partial charge in [-0.3, -0.25) is 9.80 Å². The minimum atomic E-state index is 0.340. The van der Waals surface area contributed by atoms with Gasteiger partial charge in [0.1, 0.15) is 0 Å². The lowest BCUT2D eigenvalue weighted by Crippen LogP contribution is -2.55. The van der Waals surface area contributed by atoms with Crippen LogP contribution in [0.4, 0.5) is 0 Å². The molecule has 0 aliphatic carbocycles. The molecule has 2 fully saturated rings. The van der Waals surface area contributed by atoms with E-state index in [0.717, 1.165) is 26.3 Å². The Morgan fingerprint density at radius 2 is 1.64 bits per heavy atom. The molecule has 0 aromatic heterocycles. The Labute approximate surface area is 137 Å². The zero-order valence-corrected chi connectivity index (χ0v) is 15.4. The van der Waals surface area contributed by atoms with Crippen LogP contribution < -0.4 is 0 Å². The van der Waals surface area contributed by atoms with Crippen molar-refractivity contribution >= 4 is 0 Å². The second kappa shape index (κ2) is 8.09. The SMILES string of the molecule is CC(C)N1C[C@H](C)OC[C@@H]1CC[C@@H]1[C@@H](C)OCCN1C(C)C. The number of hydrogen-bond donors (Lipinski definition) is 0. The van der Waals surface area contributed by atoms with Gasteiger partial charge < -0.3 is 9.47 Å². The molecule has 22 heavy (non-hydrogen) atoms. The molecular formula is C18H36N2O2. The van der Waals surface area contributed by atoms with Gasteiger partial charge in [-0.05, 0) is 54.4 Å². The average Bonchev–Trinajstić information content (AvgIpc) is 2.46. The Morgan fingerprint density at radius 1 is 0.955 bits per heavy atom. The third kappa shape index (κ3) is 4.44. The van der Waals surface area contributed by atoms with Crippen molar-refractivity contribution in [1.29, 1.82) is 0 Å². The van der Waals surface area contributed by atoms with Crippen LogP contribution in [0.5, 0.6) is 0 Å². The maximum atomic E-state index is 5.93. The third-order valence-electron chi connectivity index (χ3n) is 5.33. The van der Waals surface area contributed by atoms with E-state index in [2.05, 4.69) is 51.3 Å². The molecule has 130 valence electrons. The first-order chi connectivity index (χ1) is 10.4. The molecule has 0 radical (unpaired) electrons. The minimum absolute atomic E-state index is 0.340. The predicted octanol–water partition coefficient (Wildman–Crippen LogP) is 2.76. The summed E-state index contributed by atoms with van der Waals surface area (Å²) in [7, 11) is 0. The lowest BCUT2D eigenvalue weighted by Gasteiger charge is -2.45. The van der Waals surface area contributed by atoms with E-state index < -0.39 is 0 Å². The van der Waals surface area contributed by atoms with Crippen molar-refractivity contribution in [2.45, 2.75) is 90.8 Å². The van der Waals surface area contributed by atoms with Gasteiger partial charge in [0.2, 0.25) is 0 Å². The minimum Gasteiger partial charge on any atom is -0.376 e. The Morgan fingerprint density at radius 3 is 2.27 bits per heavy atom. The number of ether oxygens (including phenoxy) is 2. The second-order valence-corrected chi connectivity index (χ2v) is 7.64. The summed E-state index contributed by atoms with van der Waals surface area (Å²) in [6.45, 7) is 17.5. The second-order valence-electron chi connectivity index (χ2n) is 7.64. The lowest BCUT2D eigenvalue weighted by atomic mass is 9.96. The van der Waals surface area contributed by atoms with Crippen LogP contribution >= 0.6 is 0 Å². The zero-order chi connectivity index (χ0) is 16.3. The van der Waals surface area contributed by atoms with E-state index in [4.69, 9.17) is 9.47 Å². The van der Waals surface area contributed by atoms with E-state index in [0.29, 0.717) is 36.4 Å². The first-order valence-electron chi connectivity index (χ1n) is 9.14. The van der Waals surface area contributed by atoms with Crippen LogP contribution in [0, 0.1) is 0 Å². The molecule has 0 bridgehead atoms. The molecule has 2 rings (SSSR count). The fraction of sp³-hybridized carbons (Fsp3) is 1.00. The van der Waals surface area contributed by atoms with Crippen molar-refractivity contribution in [2.24, 2.45) is 0 Å². The van der Waals surface area contributed by atoms with Crippen molar-refractivity contribution in [2.75, 3.05) is 26.3 Å².